The summed E-state index contributed by atoms with van der Waals surface area (Å²) in [4.78, 5) is 0. The van der Waals surface area contributed by atoms with Crippen molar-refractivity contribution < 1.29 is 28.5 Å². The van der Waals surface area contributed by atoms with E-state index in [4.69, 9.17) is 0 Å². The molecule has 0 fully saturated rings. The van der Waals surface area contributed by atoms with Gasteiger partial charge in [-0.15, -0.1) is 0 Å². The van der Waals surface area contributed by atoms with Gasteiger partial charge in [0, 0.05) is 0 Å². The van der Waals surface area contributed by atoms with Crippen LogP contribution in [0.15, 0.2) is 31.4 Å². The number of halogens is 1. The zero-order valence-electron chi connectivity index (χ0n) is 18.0. The average molecular weight is 489 g/mol. The van der Waals surface area contributed by atoms with Crippen LogP contribution in [-0.4, -0.2) is 4.57 Å². The van der Waals surface area contributed by atoms with Crippen LogP contribution in [0.25, 0.3) is 0 Å². The number of allylic oxidation sites excluding steroid dienone is 1. The first-order chi connectivity index (χ1) is 12.9. The maximum Gasteiger partial charge on any atom is 0.244 e. The Bertz CT molecular complexity index is 428. The Morgan fingerprint density at radius 2 is 1.19 bits per heavy atom. The van der Waals surface area contributed by atoms with Gasteiger partial charge in [-0.05, 0) is 12.8 Å². The number of nitrogens with zero attached hydrogens (tertiary/aromatic N) is 2. The van der Waals surface area contributed by atoms with Crippen LogP contribution < -0.4 is 28.5 Å². The lowest BCUT2D eigenvalue weighted by Crippen LogP contribution is -3.00. The summed E-state index contributed by atoms with van der Waals surface area (Å²) in [5, 5.41) is 0. The van der Waals surface area contributed by atoms with E-state index < -0.39 is 0 Å². The molecule has 158 valence electrons. The number of aromatic nitrogens is 2. The Balaban J connectivity index is 0.00000676. The third-order valence-electron chi connectivity index (χ3n) is 5.36. The van der Waals surface area contributed by atoms with Crippen LogP contribution in [0.5, 0.6) is 0 Å². The van der Waals surface area contributed by atoms with Crippen LogP contribution in [0.4, 0.5) is 0 Å². The first kappa shape index (κ1) is 26.7. The third kappa shape index (κ3) is 16.3. The number of rotatable bonds is 19. The van der Waals surface area contributed by atoms with Gasteiger partial charge in [0.15, 0.2) is 0 Å². The van der Waals surface area contributed by atoms with Crippen molar-refractivity contribution in [2.75, 3.05) is 0 Å². The average Bonchev–Trinajstić information content (AvgIpc) is 3.09. The number of hydrogen-bond acceptors (Lipinski definition) is 0. The van der Waals surface area contributed by atoms with E-state index in [0.717, 1.165) is 13.1 Å². The highest BCUT2D eigenvalue weighted by Gasteiger charge is 2.01. The maximum atomic E-state index is 3.78. The number of imidazole rings is 1. The van der Waals surface area contributed by atoms with Gasteiger partial charge in [-0.2, -0.15) is 0 Å². The van der Waals surface area contributed by atoms with Crippen molar-refractivity contribution in [2.24, 2.45) is 0 Å². The summed E-state index contributed by atoms with van der Waals surface area (Å²) in [7, 11) is 0. The molecule has 1 heterocycles. The second-order valence-electron chi connectivity index (χ2n) is 7.94. The number of aryl methyl sites for hydroxylation is 1. The molecule has 2 nitrogen and oxygen atoms in total. The molecule has 0 aliphatic rings. The van der Waals surface area contributed by atoms with Crippen molar-refractivity contribution >= 4 is 0 Å². The molecule has 0 radical (unpaired) electrons. The van der Waals surface area contributed by atoms with E-state index in [-0.39, 0.29) is 24.0 Å². The van der Waals surface area contributed by atoms with Gasteiger partial charge in [0.1, 0.15) is 18.9 Å². The topological polar surface area (TPSA) is 8.81 Å². The highest BCUT2D eigenvalue weighted by molar-refractivity contribution is 4.73. The summed E-state index contributed by atoms with van der Waals surface area (Å²) in [5.41, 5.74) is 0. The van der Waals surface area contributed by atoms with Gasteiger partial charge >= 0.3 is 0 Å². The lowest BCUT2D eigenvalue weighted by molar-refractivity contribution is -0.696. The van der Waals surface area contributed by atoms with Crippen molar-refractivity contribution in [1.29, 1.82) is 0 Å². The second-order valence-corrected chi connectivity index (χ2v) is 7.94. The lowest BCUT2D eigenvalue weighted by Gasteiger charge is -2.03. The number of unbranched alkanes of at least 4 members (excludes halogenated alkanes) is 15. The van der Waals surface area contributed by atoms with Crippen molar-refractivity contribution in [2.45, 2.75) is 123 Å². The van der Waals surface area contributed by atoms with Crippen LogP contribution in [0.3, 0.4) is 0 Å². The minimum atomic E-state index is 0. The molecule has 0 saturated heterocycles. The molecule has 0 N–H and O–H groups in total. The highest BCUT2D eigenvalue weighted by atomic mass is 127. The van der Waals surface area contributed by atoms with Crippen molar-refractivity contribution in [3.63, 3.8) is 0 Å². The molecule has 0 bridgehead atoms. The molecule has 0 aromatic carbocycles. The summed E-state index contributed by atoms with van der Waals surface area (Å²) in [6.07, 6.45) is 31.4. The van der Waals surface area contributed by atoms with E-state index in [1.165, 1.54) is 103 Å². The van der Waals surface area contributed by atoms with Crippen LogP contribution in [0.1, 0.15) is 110 Å². The minimum Gasteiger partial charge on any atom is -1.00 e. The van der Waals surface area contributed by atoms with Gasteiger partial charge in [0.25, 0.3) is 0 Å². The Morgan fingerprint density at radius 1 is 0.741 bits per heavy atom. The maximum absolute atomic E-state index is 3.78. The van der Waals surface area contributed by atoms with Crippen LogP contribution in [-0.2, 0) is 13.1 Å². The van der Waals surface area contributed by atoms with Gasteiger partial charge in [0.2, 0.25) is 6.33 Å². The van der Waals surface area contributed by atoms with E-state index in [1.54, 1.807) is 0 Å². The molecule has 0 atom stereocenters. The molecular weight excluding hydrogens is 443 g/mol. The molecule has 0 aliphatic carbocycles. The fourth-order valence-corrected chi connectivity index (χ4v) is 3.67. The molecule has 0 amide bonds. The molecule has 1 aromatic rings. The van der Waals surface area contributed by atoms with Crippen LogP contribution >= 0.6 is 0 Å². The molecule has 3 heteroatoms. The molecule has 0 unspecified atom stereocenters. The van der Waals surface area contributed by atoms with Crippen molar-refractivity contribution in [3.05, 3.63) is 31.4 Å². The van der Waals surface area contributed by atoms with E-state index >= 15 is 0 Å². The Kier molecular flexibility index (Phi) is 20.2. The van der Waals surface area contributed by atoms with Gasteiger partial charge in [-0.1, -0.05) is 109 Å². The molecule has 1 aromatic heterocycles. The third-order valence-corrected chi connectivity index (χ3v) is 5.36. The van der Waals surface area contributed by atoms with Crippen LogP contribution in [0, 0.1) is 0 Å². The normalized spacial score (nSPS) is 10.7. The summed E-state index contributed by atoms with van der Waals surface area (Å²) in [6.45, 7) is 8.14. The smallest absolute Gasteiger partial charge is 0.244 e. The predicted octanol–water partition coefficient (Wildman–Crippen LogP) is 4.23. The molecule has 0 aliphatic heterocycles. The van der Waals surface area contributed by atoms with Crippen LogP contribution in [0.2, 0.25) is 0 Å². The Morgan fingerprint density at radius 3 is 1.63 bits per heavy atom. The largest absolute Gasteiger partial charge is 1.00 e. The van der Waals surface area contributed by atoms with Crippen molar-refractivity contribution in [1.82, 2.24) is 4.57 Å². The second kappa shape index (κ2) is 20.4. The van der Waals surface area contributed by atoms with E-state index in [1.807, 2.05) is 6.08 Å². The van der Waals surface area contributed by atoms with E-state index in [2.05, 4.69) is 41.4 Å². The summed E-state index contributed by atoms with van der Waals surface area (Å²) in [5.74, 6) is 0. The molecule has 0 saturated carbocycles. The standard InChI is InChI=1S/C24H45N2.HI/c1-3-5-6-7-8-9-10-11-12-13-14-15-16-17-18-19-21-26-23-22-25(24-26)20-4-2;/h4,22-24H,2-3,5-21H2,1H3;1H/q+1;/p-1. The Hall–Kier alpha value is -0.320. The van der Waals surface area contributed by atoms with Crippen molar-refractivity contribution in [3.8, 4) is 0 Å². The molecule has 1 rings (SSSR count). The Labute approximate surface area is 186 Å². The van der Waals surface area contributed by atoms with Gasteiger partial charge in [-0.25, -0.2) is 9.13 Å². The summed E-state index contributed by atoms with van der Waals surface area (Å²) < 4.78 is 4.48. The summed E-state index contributed by atoms with van der Waals surface area (Å²) >= 11 is 0. The van der Waals surface area contributed by atoms with E-state index in [9.17, 15) is 0 Å². The quantitative estimate of drug-likeness (QED) is 0.119. The fraction of sp³-hybridized carbons (Fsp3) is 0.792. The predicted molar refractivity (Wildman–Crippen MR) is 114 cm³/mol. The highest BCUT2D eigenvalue weighted by Crippen LogP contribution is 2.13. The first-order valence-corrected chi connectivity index (χ1v) is 11.5. The number of hydrogen-bond donors (Lipinski definition) is 0. The van der Waals surface area contributed by atoms with Gasteiger partial charge < -0.3 is 24.0 Å². The molecular formula is C24H45IN2. The summed E-state index contributed by atoms with van der Waals surface area (Å²) in [6, 6.07) is 0. The lowest BCUT2D eigenvalue weighted by atomic mass is 10.0. The molecule has 0 spiro atoms. The molecule has 27 heavy (non-hydrogen) atoms. The first-order valence-electron chi connectivity index (χ1n) is 11.5. The zero-order chi connectivity index (χ0) is 18.7. The van der Waals surface area contributed by atoms with E-state index in [0.29, 0.717) is 0 Å². The van der Waals surface area contributed by atoms with Gasteiger partial charge in [0.05, 0.1) is 6.54 Å². The van der Waals surface area contributed by atoms with Gasteiger partial charge in [-0.3, -0.25) is 0 Å². The monoisotopic (exact) mass is 488 g/mol. The minimum absolute atomic E-state index is 0. The SMILES string of the molecule is C=CCn1cc[n+](CCCCCCCCCCCCCCCCCC)c1.[I-]. The fourth-order valence-electron chi connectivity index (χ4n) is 3.67. The zero-order valence-corrected chi connectivity index (χ0v) is 20.2.